The van der Waals surface area contributed by atoms with Crippen LogP contribution in [0.3, 0.4) is 0 Å². The molecule has 11 heteroatoms. The second-order valence-electron chi connectivity index (χ2n) is 10.0. The molecule has 5 aromatic rings. The fraction of sp³-hybridized carbons (Fsp3) is 0.333. The first-order valence-corrected chi connectivity index (χ1v) is 12.7. The van der Waals surface area contributed by atoms with Gasteiger partial charge in [-0.1, -0.05) is 12.1 Å². The Morgan fingerprint density at radius 1 is 1.08 bits per heavy atom. The topological polar surface area (TPSA) is 128 Å². The number of aliphatic hydroxyl groups is 1. The van der Waals surface area contributed by atoms with Gasteiger partial charge in [0.05, 0.1) is 41.7 Å². The number of aryl methyl sites for hydroxylation is 1. The lowest BCUT2D eigenvalue weighted by Gasteiger charge is -2.17. The average Bonchev–Trinajstić information content (AvgIpc) is 3.30. The largest absolute Gasteiger partial charge is 0.391 e. The van der Waals surface area contributed by atoms with E-state index in [0.717, 1.165) is 40.8 Å². The van der Waals surface area contributed by atoms with E-state index < -0.39 is 6.10 Å². The minimum Gasteiger partial charge on any atom is -0.391 e. The molecule has 2 atom stereocenters. The van der Waals surface area contributed by atoms with E-state index in [1.165, 1.54) is 0 Å². The lowest BCUT2D eigenvalue weighted by molar-refractivity contribution is 0.102. The smallest absolute Gasteiger partial charge is 0.259 e. The van der Waals surface area contributed by atoms with Gasteiger partial charge in [-0.15, -0.1) is 10.2 Å². The van der Waals surface area contributed by atoms with Gasteiger partial charge in [-0.2, -0.15) is 15.0 Å². The molecule has 1 amide bonds. The van der Waals surface area contributed by atoms with Crippen molar-refractivity contribution in [1.29, 1.82) is 0 Å². The molecule has 0 bridgehead atoms. The van der Waals surface area contributed by atoms with E-state index in [0.29, 0.717) is 28.6 Å². The minimum atomic E-state index is -0.531. The number of rotatable bonds is 7. The SMILES string of the molecule is Cc1ccc(-c2nnn(C3CC3)n2)cc1NC(=O)c1cnn2ccc(-c3cnn([C@H](C)[C@H](C)O)c3C)cc12. The summed E-state index contributed by atoms with van der Waals surface area (Å²) in [5, 5.41) is 34.8. The number of pyridine rings is 1. The van der Waals surface area contributed by atoms with Gasteiger partial charge in [0.2, 0.25) is 5.82 Å². The Balaban J connectivity index is 1.29. The number of hydrogen-bond acceptors (Lipinski definition) is 7. The third-order valence-electron chi connectivity index (χ3n) is 7.25. The Morgan fingerprint density at radius 2 is 1.89 bits per heavy atom. The highest BCUT2D eigenvalue weighted by atomic mass is 16.3. The molecule has 1 aromatic carbocycles. The first-order chi connectivity index (χ1) is 18.3. The Labute approximate surface area is 219 Å². The number of aliphatic hydroxyl groups excluding tert-OH is 1. The van der Waals surface area contributed by atoms with Crippen molar-refractivity contribution in [2.24, 2.45) is 0 Å². The molecule has 1 aliphatic rings. The van der Waals surface area contributed by atoms with E-state index in [4.69, 9.17) is 0 Å². The lowest BCUT2D eigenvalue weighted by atomic mass is 10.1. The van der Waals surface area contributed by atoms with Gasteiger partial charge < -0.3 is 10.4 Å². The first-order valence-electron chi connectivity index (χ1n) is 12.7. The molecule has 6 rings (SSSR count). The van der Waals surface area contributed by atoms with E-state index in [-0.39, 0.29) is 11.9 Å². The van der Waals surface area contributed by atoms with E-state index in [1.54, 1.807) is 28.6 Å². The van der Waals surface area contributed by atoms with Crippen molar-refractivity contribution in [3.8, 4) is 22.5 Å². The van der Waals surface area contributed by atoms with Crippen LogP contribution < -0.4 is 5.32 Å². The monoisotopic (exact) mass is 511 g/mol. The number of carbonyl (C=O) groups excluding carboxylic acids is 1. The summed E-state index contributed by atoms with van der Waals surface area (Å²) < 4.78 is 3.50. The second-order valence-corrected chi connectivity index (χ2v) is 10.0. The van der Waals surface area contributed by atoms with E-state index in [1.807, 2.05) is 62.0 Å². The molecule has 1 aliphatic carbocycles. The van der Waals surface area contributed by atoms with Crippen molar-refractivity contribution in [2.45, 2.75) is 58.7 Å². The van der Waals surface area contributed by atoms with Crippen LogP contribution in [0, 0.1) is 13.8 Å². The van der Waals surface area contributed by atoms with Crippen LogP contribution in [0.1, 0.15) is 60.4 Å². The van der Waals surface area contributed by atoms with Crippen LogP contribution in [0.2, 0.25) is 0 Å². The van der Waals surface area contributed by atoms with Gasteiger partial charge in [-0.25, -0.2) is 4.52 Å². The number of amides is 1. The van der Waals surface area contributed by atoms with Crippen molar-refractivity contribution in [2.75, 3.05) is 5.32 Å². The molecule has 0 aliphatic heterocycles. The number of anilines is 1. The summed E-state index contributed by atoms with van der Waals surface area (Å²) in [7, 11) is 0. The van der Waals surface area contributed by atoms with Crippen LogP contribution in [0.4, 0.5) is 5.69 Å². The molecule has 4 heterocycles. The molecule has 0 unspecified atom stereocenters. The summed E-state index contributed by atoms with van der Waals surface area (Å²) in [5.74, 6) is 0.274. The zero-order valence-corrected chi connectivity index (χ0v) is 21.7. The Hall–Kier alpha value is -4.38. The van der Waals surface area contributed by atoms with Crippen molar-refractivity contribution in [1.82, 2.24) is 39.6 Å². The molecule has 1 fully saturated rings. The van der Waals surface area contributed by atoms with Crippen LogP contribution in [-0.4, -0.2) is 56.7 Å². The highest BCUT2D eigenvalue weighted by molar-refractivity contribution is 6.09. The van der Waals surface area contributed by atoms with Gasteiger partial charge in [0.1, 0.15) is 0 Å². The maximum atomic E-state index is 13.4. The highest BCUT2D eigenvalue weighted by Crippen LogP contribution is 2.34. The number of aromatic nitrogens is 8. The van der Waals surface area contributed by atoms with Gasteiger partial charge in [-0.3, -0.25) is 9.48 Å². The molecule has 4 aromatic heterocycles. The van der Waals surface area contributed by atoms with Crippen LogP contribution in [0.15, 0.2) is 48.9 Å². The van der Waals surface area contributed by atoms with E-state index in [2.05, 4.69) is 30.9 Å². The molecule has 0 saturated heterocycles. The predicted molar refractivity (Wildman–Crippen MR) is 142 cm³/mol. The molecule has 2 N–H and O–H groups in total. The van der Waals surface area contributed by atoms with Gasteiger partial charge in [-0.05, 0) is 75.1 Å². The lowest BCUT2D eigenvalue weighted by Crippen LogP contribution is -2.20. The predicted octanol–water partition coefficient (Wildman–Crippen LogP) is 4.00. The summed E-state index contributed by atoms with van der Waals surface area (Å²) in [5.41, 5.74) is 6.31. The number of benzene rings is 1. The summed E-state index contributed by atoms with van der Waals surface area (Å²) in [6.45, 7) is 7.60. The van der Waals surface area contributed by atoms with Gasteiger partial charge >= 0.3 is 0 Å². The number of carbonyl (C=O) groups is 1. The third kappa shape index (κ3) is 4.24. The van der Waals surface area contributed by atoms with Crippen molar-refractivity contribution >= 4 is 17.1 Å². The molecule has 1 saturated carbocycles. The maximum absolute atomic E-state index is 13.4. The number of fused-ring (bicyclic) bond motifs is 1. The van der Waals surface area contributed by atoms with E-state index in [9.17, 15) is 9.90 Å². The summed E-state index contributed by atoms with van der Waals surface area (Å²) >= 11 is 0. The summed E-state index contributed by atoms with van der Waals surface area (Å²) in [4.78, 5) is 15.1. The number of tetrazole rings is 1. The van der Waals surface area contributed by atoms with Crippen molar-refractivity contribution < 1.29 is 9.90 Å². The molecule has 38 heavy (non-hydrogen) atoms. The fourth-order valence-corrected chi connectivity index (χ4v) is 4.53. The molecular formula is C27H29N9O2. The maximum Gasteiger partial charge on any atom is 0.259 e. The van der Waals surface area contributed by atoms with Gasteiger partial charge in [0.25, 0.3) is 5.91 Å². The number of nitrogens with zero attached hydrogens (tertiary/aromatic N) is 8. The summed E-state index contributed by atoms with van der Waals surface area (Å²) in [6, 6.07) is 9.82. The number of nitrogens with one attached hydrogen (secondary N) is 1. The van der Waals surface area contributed by atoms with E-state index >= 15 is 0 Å². The standard InChI is InChI=1S/C27H29N9O2/c1-15-5-6-20(26-31-33-36(32-26)21-7-8-21)11-24(15)30-27(38)23-14-28-34-10-9-19(12-25(23)34)22-13-29-35(17(22)3)16(2)18(4)37/h5-6,9-14,16,18,21,37H,7-8H2,1-4H3,(H,30,38)/t16-,18+/m1/s1. The zero-order chi connectivity index (χ0) is 26.6. The van der Waals surface area contributed by atoms with Crippen LogP contribution in [0.5, 0.6) is 0 Å². The quantitative estimate of drug-likeness (QED) is 0.338. The third-order valence-corrected chi connectivity index (χ3v) is 7.25. The van der Waals surface area contributed by atoms with Crippen molar-refractivity contribution in [3.63, 3.8) is 0 Å². The summed E-state index contributed by atoms with van der Waals surface area (Å²) in [6.07, 6.45) is 6.82. The van der Waals surface area contributed by atoms with Crippen LogP contribution in [0.25, 0.3) is 28.0 Å². The molecule has 0 radical (unpaired) electrons. The Kier molecular flexibility index (Phi) is 5.79. The van der Waals surface area contributed by atoms with Crippen LogP contribution in [-0.2, 0) is 0 Å². The molecule has 194 valence electrons. The molecule has 0 spiro atoms. The highest BCUT2D eigenvalue weighted by Gasteiger charge is 2.27. The molecular weight excluding hydrogens is 482 g/mol. The second kappa shape index (κ2) is 9.18. The van der Waals surface area contributed by atoms with Gasteiger partial charge in [0, 0.05) is 28.7 Å². The first kappa shape index (κ1) is 24.0. The molecule has 11 nitrogen and oxygen atoms in total. The zero-order valence-electron chi connectivity index (χ0n) is 21.7. The average molecular weight is 512 g/mol. The van der Waals surface area contributed by atoms with Crippen LogP contribution >= 0.6 is 0 Å². The van der Waals surface area contributed by atoms with Gasteiger partial charge in [0.15, 0.2) is 0 Å². The normalized spacial score (nSPS) is 15.1. The Bertz CT molecular complexity index is 1660. The minimum absolute atomic E-state index is 0.156. The fourth-order valence-electron chi connectivity index (χ4n) is 4.53. The Morgan fingerprint density at radius 3 is 2.66 bits per heavy atom. The van der Waals surface area contributed by atoms with Crippen molar-refractivity contribution in [3.05, 3.63) is 65.7 Å². The number of hydrogen-bond donors (Lipinski definition) is 2.